The van der Waals surface area contributed by atoms with Crippen LogP contribution in [0.25, 0.3) is 0 Å². The van der Waals surface area contributed by atoms with Gasteiger partial charge in [0, 0.05) is 18.9 Å². The summed E-state index contributed by atoms with van der Waals surface area (Å²) >= 11 is 0. The molecule has 0 radical (unpaired) electrons. The van der Waals surface area contributed by atoms with Gasteiger partial charge in [-0.1, -0.05) is 25.1 Å². The number of aromatic nitrogens is 1. The van der Waals surface area contributed by atoms with Crippen molar-refractivity contribution in [2.45, 2.75) is 30.2 Å². The molecule has 1 atom stereocenters. The minimum atomic E-state index is -5.36. The van der Waals surface area contributed by atoms with Crippen LogP contribution in [-0.4, -0.2) is 30.4 Å². The normalized spacial score (nSPS) is 13.9. The van der Waals surface area contributed by atoms with Gasteiger partial charge in [0.25, 0.3) is 0 Å². The second-order valence-electron chi connectivity index (χ2n) is 5.76. The van der Waals surface area contributed by atoms with Crippen molar-refractivity contribution in [1.29, 1.82) is 5.26 Å². The first-order valence-electron chi connectivity index (χ1n) is 7.93. The van der Waals surface area contributed by atoms with E-state index in [0.29, 0.717) is 12.1 Å². The third-order valence-corrected chi connectivity index (χ3v) is 5.82. The molecule has 0 aliphatic carbocycles. The number of halogens is 6. The highest BCUT2D eigenvalue weighted by atomic mass is 32.2. The van der Waals surface area contributed by atoms with Crippen molar-refractivity contribution in [3.63, 3.8) is 0 Å². The summed E-state index contributed by atoms with van der Waals surface area (Å²) in [6, 6.07) is 2.21. The number of sulfonamides is 1. The lowest BCUT2D eigenvalue weighted by Crippen LogP contribution is -2.43. The smallest absolute Gasteiger partial charge is 0.262 e. The van der Waals surface area contributed by atoms with E-state index >= 15 is 0 Å². The largest absolute Gasteiger partial charge is 0.416 e. The van der Waals surface area contributed by atoms with E-state index in [9.17, 15) is 34.8 Å². The van der Waals surface area contributed by atoms with Crippen LogP contribution in [0.3, 0.4) is 0 Å². The SMILES string of the molecule is CCN([C@H](c1ccccc1C(F)(F)F)C(F)(F)F)S(=O)(=O)c1cncc(C#N)c1. The van der Waals surface area contributed by atoms with Gasteiger partial charge in [0.1, 0.15) is 17.0 Å². The maximum atomic E-state index is 13.9. The third-order valence-electron chi connectivity index (χ3n) is 3.92. The number of nitriles is 1. The van der Waals surface area contributed by atoms with Crippen molar-refractivity contribution in [3.8, 4) is 6.07 Å². The van der Waals surface area contributed by atoms with Crippen LogP contribution in [0.4, 0.5) is 26.3 Å². The van der Waals surface area contributed by atoms with Crippen molar-refractivity contribution >= 4 is 10.0 Å². The summed E-state index contributed by atoms with van der Waals surface area (Å²) in [5.74, 6) is 0. The van der Waals surface area contributed by atoms with E-state index in [0.717, 1.165) is 37.5 Å². The van der Waals surface area contributed by atoms with Crippen molar-refractivity contribution < 1.29 is 34.8 Å². The van der Waals surface area contributed by atoms with Gasteiger partial charge >= 0.3 is 12.4 Å². The Hall–Kier alpha value is -2.65. The highest BCUT2D eigenvalue weighted by molar-refractivity contribution is 7.89. The van der Waals surface area contributed by atoms with E-state index in [2.05, 4.69) is 4.98 Å². The minimum absolute atomic E-state index is 0.0876. The Kier molecular flexibility index (Phi) is 6.24. The van der Waals surface area contributed by atoms with E-state index < -0.39 is 51.0 Å². The number of hydrogen-bond donors (Lipinski definition) is 0. The zero-order valence-electron chi connectivity index (χ0n) is 14.7. The molecule has 0 N–H and O–H groups in total. The number of pyridine rings is 1. The Balaban J connectivity index is 2.74. The summed E-state index contributed by atoms with van der Waals surface area (Å²) < 4.78 is 107. The fraction of sp³-hybridized carbons (Fsp3) is 0.294. The zero-order chi connectivity index (χ0) is 22.0. The first-order valence-corrected chi connectivity index (χ1v) is 9.37. The summed E-state index contributed by atoms with van der Waals surface area (Å²) in [4.78, 5) is 2.76. The van der Waals surface area contributed by atoms with Crippen LogP contribution in [0.2, 0.25) is 0 Å². The lowest BCUT2D eigenvalue weighted by atomic mass is 9.99. The average molecular weight is 437 g/mol. The molecular formula is C17H13F6N3O2S. The van der Waals surface area contributed by atoms with Gasteiger partial charge in [-0.3, -0.25) is 4.98 Å². The van der Waals surface area contributed by atoms with Crippen LogP contribution in [0.5, 0.6) is 0 Å². The van der Waals surface area contributed by atoms with Gasteiger partial charge in [-0.05, 0) is 17.7 Å². The molecule has 0 unspecified atom stereocenters. The molecule has 5 nitrogen and oxygen atoms in total. The molecule has 2 aromatic rings. The Morgan fingerprint density at radius 3 is 2.28 bits per heavy atom. The highest BCUT2D eigenvalue weighted by Gasteiger charge is 2.51. The molecule has 0 spiro atoms. The van der Waals surface area contributed by atoms with Crippen LogP contribution in [0, 0.1) is 11.3 Å². The molecule has 2 rings (SSSR count). The number of rotatable bonds is 5. The molecule has 0 fully saturated rings. The van der Waals surface area contributed by atoms with Crippen LogP contribution < -0.4 is 0 Å². The molecule has 1 aromatic heterocycles. The Labute approximate surface area is 162 Å². The number of nitrogens with zero attached hydrogens (tertiary/aromatic N) is 3. The topological polar surface area (TPSA) is 74.1 Å². The van der Waals surface area contributed by atoms with Crippen LogP contribution in [0.15, 0.2) is 47.6 Å². The first-order chi connectivity index (χ1) is 13.3. The van der Waals surface area contributed by atoms with Crippen molar-refractivity contribution in [2.24, 2.45) is 0 Å². The van der Waals surface area contributed by atoms with Gasteiger partial charge in [0.15, 0.2) is 0 Å². The van der Waals surface area contributed by atoms with E-state index in [-0.39, 0.29) is 9.87 Å². The lowest BCUT2D eigenvalue weighted by Gasteiger charge is -2.33. The predicted molar refractivity (Wildman–Crippen MR) is 88.8 cm³/mol. The third kappa shape index (κ3) is 4.68. The molecular weight excluding hydrogens is 424 g/mol. The molecule has 0 amide bonds. The van der Waals surface area contributed by atoms with Crippen LogP contribution >= 0.6 is 0 Å². The molecule has 0 bridgehead atoms. The zero-order valence-corrected chi connectivity index (χ0v) is 15.5. The van der Waals surface area contributed by atoms with Gasteiger partial charge in [-0.15, -0.1) is 0 Å². The number of benzene rings is 1. The summed E-state index contributed by atoms with van der Waals surface area (Å²) in [5.41, 5.74) is -3.08. The Morgan fingerprint density at radius 1 is 1.14 bits per heavy atom. The van der Waals surface area contributed by atoms with E-state index in [4.69, 9.17) is 5.26 Å². The quantitative estimate of drug-likeness (QED) is 0.655. The Bertz CT molecular complexity index is 1030. The Morgan fingerprint density at radius 2 is 1.76 bits per heavy atom. The van der Waals surface area contributed by atoms with Crippen molar-refractivity contribution in [2.75, 3.05) is 6.54 Å². The monoisotopic (exact) mass is 437 g/mol. The summed E-state index contributed by atoms with van der Waals surface area (Å²) in [7, 11) is -4.94. The molecule has 12 heteroatoms. The number of hydrogen-bond acceptors (Lipinski definition) is 4. The summed E-state index contributed by atoms with van der Waals surface area (Å²) in [6.07, 6.45) is -8.77. The molecule has 29 heavy (non-hydrogen) atoms. The molecule has 0 saturated carbocycles. The summed E-state index contributed by atoms with van der Waals surface area (Å²) in [6.45, 7) is 0.281. The fourth-order valence-electron chi connectivity index (χ4n) is 2.74. The number of alkyl halides is 6. The molecule has 156 valence electrons. The van der Waals surface area contributed by atoms with E-state index in [1.807, 2.05) is 0 Å². The van der Waals surface area contributed by atoms with Gasteiger partial charge in [0.2, 0.25) is 10.0 Å². The van der Waals surface area contributed by atoms with E-state index in [1.54, 1.807) is 6.07 Å². The summed E-state index contributed by atoms with van der Waals surface area (Å²) in [5, 5.41) is 8.86. The molecule has 0 aliphatic rings. The second kappa shape index (κ2) is 8.00. The second-order valence-corrected chi connectivity index (χ2v) is 7.65. The molecule has 0 aliphatic heterocycles. The van der Waals surface area contributed by atoms with Gasteiger partial charge in [-0.2, -0.15) is 35.9 Å². The predicted octanol–water partition coefficient (Wildman–Crippen LogP) is 4.29. The lowest BCUT2D eigenvalue weighted by molar-refractivity contribution is -0.177. The van der Waals surface area contributed by atoms with Crippen molar-refractivity contribution in [3.05, 3.63) is 59.4 Å². The maximum Gasteiger partial charge on any atom is 0.416 e. The van der Waals surface area contributed by atoms with Gasteiger partial charge < -0.3 is 0 Å². The fourth-order valence-corrected chi connectivity index (χ4v) is 4.33. The molecule has 1 aromatic carbocycles. The van der Waals surface area contributed by atoms with Crippen molar-refractivity contribution in [1.82, 2.24) is 9.29 Å². The standard InChI is InChI=1S/C17H13F6N3O2S/c1-2-26(29(27,28)12-7-11(8-24)9-25-10-12)15(17(21,22)23)13-5-3-4-6-14(13)16(18,19)20/h3-7,9-10,15H,2H2,1H3/t15-/m1/s1. The average Bonchev–Trinajstić information content (AvgIpc) is 2.64. The highest BCUT2D eigenvalue weighted by Crippen LogP contribution is 2.45. The van der Waals surface area contributed by atoms with E-state index in [1.165, 1.54) is 0 Å². The van der Waals surface area contributed by atoms with Gasteiger partial charge in [0.05, 0.1) is 11.1 Å². The minimum Gasteiger partial charge on any atom is -0.262 e. The van der Waals surface area contributed by atoms with Crippen LogP contribution in [0.1, 0.15) is 29.7 Å². The molecule has 1 heterocycles. The first kappa shape index (κ1) is 22.6. The van der Waals surface area contributed by atoms with Gasteiger partial charge in [-0.25, -0.2) is 8.42 Å². The van der Waals surface area contributed by atoms with Crippen LogP contribution in [-0.2, 0) is 16.2 Å². The maximum absolute atomic E-state index is 13.9. The molecule has 0 saturated heterocycles.